The summed E-state index contributed by atoms with van der Waals surface area (Å²) in [7, 11) is 1.06. The first-order valence-corrected chi connectivity index (χ1v) is 5.30. The molecule has 0 aliphatic carbocycles. The van der Waals surface area contributed by atoms with E-state index >= 15 is 0 Å². The van der Waals surface area contributed by atoms with Crippen molar-refractivity contribution in [3.63, 3.8) is 0 Å². The number of ether oxygens (including phenoxy) is 2. The number of rotatable bonds is 2. The summed E-state index contributed by atoms with van der Waals surface area (Å²) in [5.41, 5.74) is -0.754. The van der Waals surface area contributed by atoms with E-state index in [-0.39, 0.29) is 18.1 Å². The average Bonchev–Trinajstić information content (AvgIpc) is 2.65. The maximum atomic E-state index is 13.9. The van der Waals surface area contributed by atoms with Gasteiger partial charge in [-0.3, -0.25) is 0 Å². The molecule has 0 saturated carbocycles. The zero-order valence-electron chi connectivity index (χ0n) is 10.2. The van der Waals surface area contributed by atoms with Gasteiger partial charge in [-0.1, -0.05) is 0 Å². The molecule has 6 heteroatoms. The molecule has 0 radical (unpaired) electrons. The van der Waals surface area contributed by atoms with Gasteiger partial charge < -0.3 is 9.47 Å². The molecule has 0 atom stereocenters. The topological polar surface area (TPSA) is 30.8 Å². The molecule has 2 rings (SSSR count). The van der Waals surface area contributed by atoms with E-state index in [4.69, 9.17) is 4.74 Å². The van der Waals surface area contributed by atoms with Crippen molar-refractivity contribution in [1.82, 2.24) is 0 Å². The largest absolute Gasteiger partial charge is 0.491 e. The van der Waals surface area contributed by atoms with E-state index in [2.05, 4.69) is 9.73 Å². The summed E-state index contributed by atoms with van der Waals surface area (Å²) in [5, 5.41) is 0. The first kappa shape index (κ1) is 12.7. The second-order valence-corrected chi connectivity index (χ2v) is 4.59. The minimum Gasteiger partial charge on any atom is -0.491 e. The Hall–Kier alpha value is -1.72. The highest BCUT2D eigenvalue weighted by molar-refractivity contribution is 5.96. The van der Waals surface area contributed by atoms with Crippen LogP contribution in [0.25, 0.3) is 0 Å². The molecule has 0 bridgehead atoms. The summed E-state index contributed by atoms with van der Waals surface area (Å²) >= 11 is 0. The van der Waals surface area contributed by atoms with Gasteiger partial charge >= 0.3 is 0 Å². The van der Waals surface area contributed by atoms with Crippen LogP contribution in [0, 0.1) is 17.5 Å². The van der Waals surface area contributed by atoms with Crippen molar-refractivity contribution in [3.8, 4) is 5.75 Å². The van der Waals surface area contributed by atoms with E-state index in [1.807, 2.05) is 0 Å². The van der Waals surface area contributed by atoms with Crippen molar-refractivity contribution in [2.24, 2.45) is 4.99 Å². The Morgan fingerprint density at radius 2 is 1.94 bits per heavy atom. The number of hydrogen-bond donors (Lipinski definition) is 0. The molecule has 0 unspecified atom stereocenters. The van der Waals surface area contributed by atoms with Crippen LogP contribution in [-0.2, 0) is 4.74 Å². The Kier molecular flexibility index (Phi) is 2.96. The minimum atomic E-state index is -1.36. The van der Waals surface area contributed by atoms with Crippen LogP contribution in [0.4, 0.5) is 13.2 Å². The summed E-state index contributed by atoms with van der Waals surface area (Å²) in [4.78, 5) is 4.11. The van der Waals surface area contributed by atoms with Gasteiger partial charge in [0.05, 0.1) is 18.2 Å². The quantitative estimate of drug-likeness (QED) is 0.764. The van der Waals surface area contributed by atoms with Crippen LogP contribution in [0.5, 0.6) is 5.75 Å². The van der Waals surface area contributed by atoms with E-state index < -0.39 is 28.7 Å². The lowest BCUT2D eigenvalue weighted by Crippen LogP contribution is -2.17. The molecule has 1 aliphatic rings. The lowest BCUT2D eigenvalue weighted by molar-refractivity contribution is 0.278. The number of nitrogens with zero attached hydrogens (tertiary/aromatic N) is 1. The standard InChI is InChI=1S/C12H12F3NO2/c1-12(2)5-18-11(16-12)6-4-7(13)9(15)10(17-3)8(6)14/h4H,5H2,1-3H3. The van der Waals surface area contributed by atoms with E-state index in [9.17, 15) is 13.2 Å². The van der Waals surface area contributed by atoms with E-state index in [1.54, 1.807) is 13.8 Å². The van der Waals surface area contributed by atoms with Crippen LogP contribution in [0.3, 0.4) is 0 Å². The van der Waals surface area contributed by atoms with Crippen LogP contribution in [-0.4, -0.2) is 25.2 Å². The van der Waals surface area contributed by atoms with Crippen molar-refractivity contribution in [2.75, 3.05) is 13.7 Å². The fourth-order valence-electron chi connectivity index (χ4n) is 1.64. The number of aliphatic imine (C=N–C) groups is 1. The van der Waals surface area contributed by atoms with Gasteiger partial charge in [0.1, 0.15) is 6.61 Å². The molecule has 1 heterocycles. The molecule has 1 aromatic carbocycles. The second-order valence-electron chi connectivity index (χ2n) is 4.59. The molecule has 0 spiro atoms. The van der Waals surface area contributed by atoms with Gasteiger partial charge in [0.15, 0.2) is 17.4 Å². The van der Waals surface area contributed by atoms with Crippen molar-refractivity contribution >= 4 is 5.90 Å². The zero-order valence-corrected chi connectivity index (χ0v) is 10.2. The van der Waals surface area contributed by atoms with Crippen molar-refractivity contribution in [3.05, 3.63) is 29.1 Å². The van der Waals surface area contributed by atoms with Gasteiger partial charge in [-0.05, 0) is 19.9 Å². The molecule has 0 aromatic heterocycles. The molecule has 0 saturated heterocycles. The molecule has 98 valence electrons. The molecule has 18 heavy (non-hydrogen) atoms. The minimum absolute atomic E-state index is 0.0466. The summed E-state index contributed by atoms with van der Waals surface area (Å²) < 4.78 is 50.2. The fraction of sp³-hybridized carbons (Fsp3) is 0.417. The van der Waals surface area contributed by atoms with Crippen LogP contribution in [0.2, 0.25) is 0 Å². The van der Waals surface area contributed by atoms with E-state index in [0.717, 1.165) is 7.11 Å². The highest BCUT2D eigenvalue weighted by Crippen LogP contribution is 2.30. The highest BCUT2D eigenvalue weighted by Gasteiger charge is 2.31. The van der Waals surface area contributed by atoms with Crippen molar-refractivity contribution < 1.29 is 22.6 Å². The monoisotopic (exact) mass is 259 g/mol. The highest BCUT2D eigenvalue weighted by atomic mass is 19.2. The summed E-state index contributed by atoms with van der Waals surface area (Å²) in [5.74, 6) is -4.42. The third-order valence-corrected chi connectivity index (χ3v) is 2.52. The Balaban J connectivity index is 2.57. The first-order chi connectivity index (χ1) is 8.35. The predicted molar refractivity (Wildman–Crippen MR) is 59.4 cm³/mol. The fourth-order valence-corrected chi connectivity index (χ4v) is 1.64. The normalized spacial score (nSPS) is 17.3. The van der Waals surface area contributed by atoms with Gasteiger partial charge in [0.2, 0.25) is 11.7 Å². The number of halogens is 3. The molecular weight excluding hydrogens is 247 g/mol. The van der Waals surface area contributed by atoms with E-state index in [0.29, 0.717) is 6.07 Å². The average molecular weight is 259 g/mol. The Bertz CT molecular complexity index is 527. The maximum Gasteiger partial charge on any atom is 0.220 e. The van der Waals surface area contributed by atoms with Crippen molar-refractivity contribution in [2.45, 2.75) is 19.4 Å². The maximum absolute atomic E-state index is 13.9. The van der Waals surface area contributed by atoms with Gasteiger partial charge in [0, 0.05) is 0 Å². The lowest BCUT2D eigenvalue weighted by Gasteiger charge is -2.09. The van der Waals surface area contributed by atoms with Gasteiger partial charge in [-0.15, -0.1) is 0 Å². The number of methoxy groups -OCH3 is 1. The zero-order chi connectivity index (χ0) is 13.5. The lowest BCUT2D eigenvalue weighted by atomic mass is 10.1. The summed E-state index contributed by atoms with van der Waals surface area (Å²) in [6, 6.07) is 0.716. The molecular formula is C12H12F3NO2. The Labute approximate surface area is 102 Å². The second kappa shape index (κ2) is 4.19. The van der Waals surface area contributed by atoms with Gasteiger partial charge in [0.25, 0.3) is 0 Å². The van der Waals surface area contributed by atoms with E-state index in [1.165, 1.54) is 0 Å². The Morgan fingerprint density at radius 1 is 1.28 bits per heavy atom. The molecule has 0 amide bonds. The SMILES string of the molecule is COc1c(F)c(F)cc(C2=NC(C)(C)CO2)c1F. The van der Waals surface area contributed by atoms with Crippen LogP contribution in [0.1, 0.15) is 19.4 Å². The molecule has 1 aromatic rings. The third kappa shape index (κ3) is 2.02. The Morgan fingerprint density at radius 3 is 2.44 bits per heavy atom. The van der Waals surface area contributed by atoms with Crippen LogP contribution >= 0.6 is 0 Å². The summed E-state index contributed by atoms with van der Waals surface area (Å²) in [6.45, 7) is 3.83. The van der Waals surface area contributed by atoms with Gasteiger partial charge in [-0.2, -0.15) is 4.39 Å². The number of benzene rings is 1. The third-order valence-electron chi connectivity index (χ3n) is 2.52. The van der Waals surface area contributed by atoms with Crippen LogP contribution in [0.15, 0.2) is 11.1 Å². The smallest absolute Gasteiger partial charge is 0.220 e. The first-order valence-electron chi connectivity index (χ1n) is 5.30. The predicted octanol–water partition coefficient (Wildman–Crippen LogP) is 2.67. The number of hydrogen-bond acceptors (Lipinski definition) is 3. The molecule has 0 fully saturated rings. The van der Waals surface area contributed by atoms with Crippen LogP contribution < -0.4 is 4.74 Å². The molecule has 1 aliphatic heterocycles. The summed E-state index contributed by atoms with van der Waals surface area (Å²) in [6.07, 6.45) is 0. The van der Waals surface area contributed by atoms with Gasteiger partial charge in [-0.25, -0.2) is 13.8 Å². The molecule has 3 nitrogen and oxygen atoms in total. The molecule has 0 N–H and O–H groups in total. The van der Waals surface area contributed by atoms with Crippen molar-refractivity contribution in [1.29, 1.82) is 0 Å².